The second-order valence-electron chi connectivity index (χ2n) is 6.36. The SMILES string of the molecule is CC(C)(C)NC(=O)Cn1ncc(NCC2CC2)cc1=O. The molecule has 0 radical (unpaired) electrons. The lowest BCUT2D eigenvalue weighted by molar-refractivity contribution is -0.123. The van der Waals surface area contributed by atoms with Crippen molar-refractivity contribution in [2.75, 3.05) is 11.9 Å². The minimum Gasteiger partial charge on any atom is -0.383 e. The molecule has 1 heterocycles. The second-order valence-corrected chi connectivity index (χ2v) is 6.36. The zero-order valence-electron chi connectivity index (χ0n) is 12.3. The summed E-state index contributed by atoms with van der Waals surface area (Å²) in [6.07, 6.45) is 4.10. The van der Waals surface area contributed by atoms with E-state index < -0.39 is 0 Å². The normalized spacial score (nSPS) is 14.9. The second kappa shape index (κ2) is 5.64. The molecule has 1 aliphatic carbocycles. The van der Waals surface area contributed by atoms with Crippen LogP contribution in [0.1, 0.15) is 33.6 Å². The van der Waals surface area contributed by atoms with Gasteiger partial charge in [-0.25, -0.2) is 4.68 Å². The van der Waals surface area contributed by atoms with Gasteiger partial charge in [-0.2, -0.15) is 5.10 Å². The van der Waals surface area contributed by atoms with Gasteiger partial charge in [-0.1, -0.05) is 0 Å². The van der Waals surface area contributed by atoms with E-state index in [9.17, 15) is 9.59 Å². The van der Waals surface area contributed by atoms with E-state index in [2.05, 4.69) is 15.7 Å². The van der Waals surface area contributed by atoms with Gasteiger partial charge in [0.1, 0.15) is 6.54 Å². The number of anilines is 1. The first-order valence-electron chi connectivity index (χ1n) is 6.95. The van der Waals surface area contributed by atoms with E-state index in [1.54, 1.807) is 6.20 Å². The summed E-state index contributed by atoms with van der Waals surface area (Å²) in [4.78, 5) is 23.6. The summed E-state index contributed by atoms with van der Waals surface area (Å²) in [6, 6.07) is 1.49. The number of rotatable bonds is 5. The minimum absolute atomic E-state index is 0.0565. The van der Waals surface area contributed by atoms with Crippen molar-refractivity contribution >= 4 is 11.6 Å². The van der Waals surface area contributed by atoms with Crippen LogP contribution >= 0.6 is 0 Å². The minimum atomic E-state index is -0.313. The van der Waals surface area contributed by atoms with E-state index in [-0.39, 0.29) is 23.6 Å². The van der Waals surface area contributed by atoms with E-state index in [0.717, 1.165) is 18.2 Å². The Kier molecular flexibility index (Phi) is 4.11. The van der Waals surface area contributed by atoms with Crippen molar-refractivity contribution in [3.8, 4) is 0 Å². The van der Waals surface area contributed by atoms with Gasteiger partial charge in [0.2, 0.25) is 5.91 Å². The number of nitrogens with one attached hydrogen (secondary N) is 2. The molecule has 1 aromatic rings. The number of aromatic nitrogens is 2. The number of hydrogen-bond acceptors (Lipinski definition) is 4. The Morgan fingerprint density at radius 1 is 1.45 bits per heavy atom. The van der Waals surface area contributed by atoms with Crippen molar-refractivity contribution in [2.24, 2.45) is 5.92 Å². The lowest BCUT2D eigenvalue weighted by atomic mass is 10.1. The summed E-state index contributed by atoms with van der Waals surface area (Å²) in [6.45, 7) is 6.51. The third-order valence-corrected chi connectivity index (χ3v) is 2.97. The lowest BCUT2D eigenvalue weighted by Gasteiger charge is -2.20. The van der Waals surface area contributed by atoms with Crippen LogP contribution in [0.5, 0.6) is 0 Å². The first-order valence-corrected chi connectivity index (χ1v) is 6.95. The summed E-state index contributed by atoms with van der Waals surface area (Å²) in [5.41, 5.74) is 0.135. The average molecular weight is 278 g/mol. The molecule has 0 aliphatic heterocycles. The molecule has 0 spiro atoms. The van der Waals surface area contributed by atoms with Gasteiger partial charge in [-0.05, 0) is 39.5 Å². The fourth-order valence-corrected chi connectivity index (χ4v) is 1.83. The molecule has 20 heavy (non-hydrogen) atoms. The maximum absolute atomic E-state index is 11.9. The third kappa shape index (κ3) is 4.68. The Labute approximate surface area is 118 Å². The van der Waals surface area contributed by atoms with Gasteiger partial charge in [-0.15, -0.1) is 0 Å². The molecule has 0 bridgehead atoms. The molecule has 2 N–H and O–H groups in total. The van der Waals surface area contributed by atoms with Gasteiger partial charge in [0.15, 0.2) is 0 Å². The van der Waals surface area contributed by atoms with E-state index in [0.29, 0.717) is 0 Å². The van der Waals surface area contributed by atoms with Crippen molar-refractivity contribution < 1.29 is 4.79 Å². The van der Waals surface area contributed by atoms with Gasteiger partial charge >= 0.3 is 0 Å². The molecule has 2 rings (SSSR count). The maximum Gasteiger partial charge on any atom is 0.269 e. The van der Waals surface area contributed by atoms with Crippen LogP contribution in [0.2, 0.25) is 0 Å². The van der Waals surface area contributed by atoms with Crippen LogP contribution in [0, 0.1) is 5.92 Å². The fraction of sp³-hybridized carbons (Fsp3) is 0.643. The quantitative estimate of drug-likeness (QED) is 0.842. The first-order chi connectivity index (χ1) is 9.33. The highest BCUT2D eigenvalue weighted by atomic mass is 16.2. The summed E-state index contributed by atoms with van der Waals surface area (Å²) < 4.78 is 1.17. The lowest BCUT2D eigenvalue weighted by Crippen LogP contribution is -2.43. The summed E-state index contributed by atoms with van der Waals surface area (Å²) in [5.74, 6) is 0.515. The van der Waals surface area contributed by atoms with E-state index >= 15 is 0 Å². The average Bonchev–Trinajstić information content (AvgIpc) is 3.11. The number of amides is 1. The van der Waals surface area contributed by atoms with Crippen LogP contribution in [0.3, 0.4) is 0 Å². The van der Waals surface area contributed by atoms with Crippen LogP contribution in [0.25, 0.3) is 0 Å². The van der Waals surface area contributed by atoms with Gasteiger partial charge < -0.3 is 10.6 Å². The number of carbonyl (C=O) groups is 1. The van der Waals surface area contributed by atoms with E-state index in [4.69, 9.17) is 0 Å². The van der Waals surface area contributed by atoms with Crippen LogP contribution in [-0.2, 0) is 11.3 Å². The molecule has 1 amide bonds. The van der Waals surface area contributed by atoms with E-state index in [1.807, 2.05) is 20.8 Å². The number of hydrogen-bond donors (Lipinski definition) is 2. The Hall–Kier alpha value is -1.85. The molecular weight excluding hydrogens is 256 g/mol. The van der Waals surface area contributed by atoms with Crippen molar-refractivity contribution in [3.63, 3.8) is 0 Å². The van der Waals surface area contributed by atoms with E-state index in [1.165, 1.54) is 23.6 Å². The van der Waals surface area contributed by atoms with Crippen LogP contribution in [0.15, 0.2) is 17.1 Å². The molecule has 0 unspecified atom stereocenters. The molecule has 1 saturated carbocycles. The predicted molar refractivity (Wildman–Crippen MR) is 77.6 cm³/mol. The highest BCUT2D eigenvalue weighted by Gasteiger charge is 2.20. The topological polar surface area (TPSA) is 76.0 Å². The van der Waals surface area contributed by atoms with Crippen LogP contribution < -0.4 is 16.2 Å². The van der Waals surface area contributed by atoms with Crippen molar-refractivity contribution in [3.05, 3.63) is 22.6 Å². The van der Waals surface area contributed by atoms with Crippen molar-refractivity contribution in [1.29, 1.82) is 0 Å². The van der Waals surface area contributed by atoms with Gasteiger partial charge in [-0.3, -0.25) is 9.59 Å². The molecule has 0 atom stereocenters. The molecule has 1 fully saturated rings. The molecule has 6 heteroatoms. The zero-order chi connectivity index (χ0) is 14.8. The van der Waals surface area contributed by atoms with Crippen LogP contribution in [-0.4, -0.2) is 27.8 Å². The first kappa shape index (κ1) is 14.6. The molecule has 0 saturated heterocycles. The van der Waals surface area contributed by atoms with Gasteiger partial charge in [0.25, 0.3) is 5.56 Å². The monoisotopic (exact) mass is 278 g/mol. The third-order valence-electron chi connectivity index (χ3n) is 2.97. The zero-order valence-corrected chi connectivity index (χ0v) is 12.3. The molecular formula is C14H22N4O2. The van der Waals surface area contributed by atoms with Gasteiger partial charge in [0.05, 0.1) is 11.9 Å². The summed E-state index contributed by atoms with van der Waals surface area (Å²) in [5, 5.41) is 10.0. The standard InChI is InChI=1S/C14H22N4O2/c1-14(2,3)17-12(19)9-18-13(20)6-11(8-16-18)15-7-10-4-5-10/h6,8,10,15H,4-5,7,9H2,1-3H3,(H,17,19). The summed E-state index contributed by atoms with van der Waals surface area (Å²) in [7, 11) is 0. The highest BCUT2D eigenvalue weighted by Crippen LogP contribution is 2.28. The number of nitrogens with zero attached hydrogens (tertiary/aromatic N) is 2. The van der Waals surface area contributed by atoms with Crippen molar-refractivity contribution in [1.82, 2.24) is 15.1 Å². The Morgan fingerprint density at radius 3 is 2.70 bits per heavy atom. The van der Waals surface area contributed by atoms with Crippen molar-refractivity contribution in [2.45, 2.75) is 45.7 Å². The smallest absolute Gasteiger partial charge is 0.269 e. The maximum atomic E-state index is 11.9. The van der Waals surface area contributed by atoms with Gasteiger partial charge in [0, 0.05) is 18.2 Å². The molecule has 1 aliphatic rings. The number of carbonyl (C=O) groups excluding carboxylic acids is 1. The van der Waals surface area contributed by atoms with Crippen LogP contribution in [0.4, 0.5) is 5.69 Å². The molecule has 110 valence electrons. The Balaban J connectivity index is 1.94. The molecule has 6 nitrogen and oxygen atoms in total. The Bertz CT molecular complexity index is 541. The molecule has 0 aromatic carbocycles. The Morgan fingerprint density at radius 2 is 2.15 bits per heavy atom. The largest absolute Gasteiger partial charge is 0.383 e. The predicted octanol–water partition coefficient (Wildman–Crippen LogP) is 0.980. The highest BCUT2D eigenvalue weighted by molar-refractivity contribution is 5.76. The molecule has 1 aromatic heterocycles. The summed E-state index contributed by atoms with van der Waals surface area (Å²) >= 11 is 0. The fourth-order valence-electron chi connectivity index (χ4n) is 1.83.